The number of carbonyl (C=O) groups excluding carboxylic acids is 2. The molecular weight excluding hydrogens is 250 g/mol. The highest BCUT2D eigenvalue weighted by Crippen LogP contribution is 2.19. The fourth-order valence-electron chi connectivity index (χ4n) is 1.17. The van der Waals surface area contributed by atoms with Crippen molar-refractivity contribution in [3.63, 3.8) is 0 Å². The van der Waals surface area contributed by atoms with Crippen molar-refractivity contribution in [2.75, 3.05) is 5.32 Å². The lowest BCUT2D eigenvalue weighted by atomic mass is 10.5. The Balaban J connectivity index is 2.56. The van der Waals surface area contributed by atoms with Gasteiger partial charge < -0.3 is 4.84 Å². The molecule has 0 fully saturated rings. The number of amides is 1. The largest absolute Gasteiger partial charge is 0.334 e. The van der Waals surface area contributed by atoms with Crippen LogP contribution in [0.1, 0.15) is 6.92 Å². The summed E-state index contributed by atoms with van der Waals surface area (Å²) in [6.45, 7) is 1.24. The van der Waals surface area contributed by atoms with Crippen LogP contribution in [0, 0.1) is 0 Å². The maximum atomic E-state index is 10.8. The van der Waals surface area contributed by atoms with Crippen LogP contribution in [0.3, 0.4) is 0 Å². The Labute approximate surface area is 99.5 Å². The van der Waals surface area contributed by atoms with Gasteiger partial charge in [0.1, 0.15) is 11.8 Å². The summed E-state index contributed by atoms with van der Waals surface area (Å²) in [6, 6.07) is 0. The number of hydrogen-bond donors (Lipinski definition) is 1. The van der Waals surface area contributed by atoms with Crippen LogP contribution in [0.4, 0.5) is 5.95 Å². The van der Waals surface area contributed by atoms with Crippen LogP contribution in [0.15, 0.2) is 6.33 Å². The van der Waals surface area contributed by atoms with Gasteiger partial charge in [-0.3, -0.25) is 10.1 Å². The van der Waals surface area contributed by atoms with E-state index in [0.717, 1.165) is 4.73 Å². The van der Waals surface area contributed by atoms with Gasteiger partial charge in [0.2, 0.25) is 18.0 Å². The van der Waals surface area contributed by atoms with Gasteiger partial charge >= 0.3 is 5.97 Å². The molecule has 0 spiro atoms. The van der Waals surface area contributed by atoms with E-state index in [1.807, 2.05) is 0 Å². The van der Waals surface area contributed by atoms with Crippen LogP contribution >= 0.6 is 11.6 Å². The summed E-state index contributed by atoms with van der Waals surface area (Å²) in [6.07, 6.45) is 1.64. The summed E-state index contributed by atoms with van der Waals surface area (Å²) in [5.74, 6) is -0.546. The maximum Gasteiger partial charge on any atom is 0.330 e. The topological polar surface area (TPSA) is 99.0 Å². The van der Waals surface area contributed by atoms with Crippen molar-refractivity contribution < 1.29 is 14.4 Å². The molecule has 9 heteroatoms. The van der Waals surface area contributed by atoms with Crippen molar-refractivity contribution in [2.45, 2.75) is 6.92 Å². The van der Waals surface area contributed by atoms with Crippen LogP contribution in [-0.2, 0) is 9.59 Å². The Kier molecular flexibility index (Phi) is 2.88. The van der Waals surface area contributed by atoms with Gasteiger partial charge in [-0.25, -0.2) is 9.78 Å². The smallest absolute Gasteiger partial charge is 0.330 e. The summed E-state index contributed by atoms with van der Waals surface area (Å²) in [5.41, 5.74) is 0.453. The zero-order chi connectivity index (χ0) is 12.4. The number of nitrogens with zero attached hydrogens (tertiary/aromatic N) is 4. The maximum absolute atomic E-state index is 10.8. The molecule has 2 rings (SSSR count). The summed E-state index contributed by atoms with van der Waals surface area (Å²) in [4.78, 5) is 37.5. The Morgan fingerprint density at radius 1 is 1.59 bits per heavy atom. The average Bonchev–Trinajstić information content (AvgIpc) is 2.62. The molecular formula is C8H6ClN5O3. The van der Waals surface area contributed by atoms with Crippen LogP contribution in [0.5, 0.6) is 0 Å². The van der Waals surface area contributed by atoms with Crippen molar-refractivity contribution in [1.29, 1.82) is 0 Å². The highest BCUT2D eigenvalue weighted by molar-refractivity contribution is 6.33. The predicted octanol–water partition coefficient (Wildman–Crippen LogP) is 0.0231. The number of aromatic nitrogens is 4. The highest BCUT2D eigenvalue weighted by atomic mass is 35.5. The summed E-state index contributed by atoms with van der Waals surface area (Å²) >= 11 is 5.82. The molecule has 0 radical (unpaired) electrons. The van der Waals surface area contributed by atoms with E-state index in [0.29, 0.717) is 6.41 Å². The zero-order valence-electron chi connectivity index (χ0n) is 8.55. The first-order valence-electron chi connectivity index (χ1n) is 4.41. The fraction of sp³-hybridized carbons (Fsp3) is 0.125. The summed E-state index contributed by atoms with van der Waals surface area (Å²) in [7, 11) is 0. The van der Waals surface area contributed by atoms with E-state index < -0.39 is 5.97 Å². The van der Waals surface area contributed by atoms with Crippen LogP contribution < -0.4 is 10.2 Å². The molecule has 0 aliphatic carbocycles. The fourth-order valence-corrected chi connectivity index (χ4v) is 1.38. The molecule has 17 heavy (non-hydrogen) atoms. The molecule has 8 nitrogen and oxygen atoms in total. The van der Waals surface area contributed by atoms with E-state index in [2.05, 4.69) is 20.3 Å². The quantitative estimate of drug-likeness (QED) is 0.613. The van der Waals surface area contributed by atoms with Gasteiger partial charge in [0.25, 0.3) is 0 Å². The average molecular weight is 256 g/mol. The Morgan fingerprint density at radius 3 is 3.00 bits per heavy atom. The standard InChI is InChI=1S/C8H6ClN5O3/c1-4(16)17-14-2-10-5-6(9)12-8(11-3-15)13-7(5)14/h2-3H,1H3,(H,11,12,13,15). The predicted molar refractivity (Wildman–Crippen MR) is 57.3 cm³/mol. The van der Waals surface area contributed by atoms with Gasteiger partial charge in [0.05, 0.1) is 0 Å². The normalized spacial score (nSPS) is 10.2. The van der Waals surface area contributed by atoms with Gasteiger partial charge in [0, 0.05) is 6.92 Å². The lowest BCUT2D eigenvalue weighted by molar-refractivity contribution is -0.141. The second-order valence-corrected chi connectivity index (χ2v) is 3.28. The third kappa shape index (κ3) is 2.16. The van der Waals surface area contributed by atoms with Gasteiger partial charge in [0.15, 0.2) is 5.15 Å². The SMILES string of the molecule is CC(=O)On1cnc2c(Cl)nc(NC=O)nc21. The van der Waals surface area contributed by atoms with E-state index in [1.165, 1.54) is 13.3 Å². The third-order valence-electron chi connectivity index (χ3n) is 1.74. The molecule has 2 aromatic rings. The molecule has 0 atom stereocenters. The van der Waals surface area contributed by atoms with Gasteiger partial charge in [-0.05, 0) is 0 Å². The number of rotatable bonds is 3. The van der Waals surface area contributed by atoms with Crippen molar-refractivity contribution >= 4 is 41.1 Å². The molecule has 0 saturated heterocycles. The molecule has 0 bridgehead atoms. The molecule has 2 aromatic heterocycles. The molecule has 2 heterocycles. The van der Waals surface area contributed by atoms with Crippen LogP contribution in [0.25, 0.3) is 11.2 Å². The molecule has 0 aromatic carbocycles. The number of hydrogen-bond acceptors (Lipinski definition) is 6. The van der Waals surface area contributed by atoms with E-state index in [-0.39, 0.29) is 22.3 Å². The molecule has 88 valence electrons. The van der Waals surface area contributed by atoms with E-state index >= 15 is 0 Å². The van der Waals surface area contributed by atoms with E-state index in [4.69, 9.17) is 16.4 Å². The lowest BCUT2D eigenvalue weighted by Gasteiger charge is -2.02. The summed E-state index contributed by atoms with van der Waals surface area (Å²) < 4.78 is 1.04. The molecule has 1 amide bonds. The number of imidazole rings is 1. The van der Waals surface area contributed by atoms with Crippen molar-refractivity contribution in [3.05, 3.63) is 11.5 Å². The molecule has 0 aliphatic heterocycles. The zero-order valence-corrected chi connectivity index (χ0v) is 9.30. The minimum atomic E-state index is -0.538. The van der Waals surface area contributed by atoms with Gasteiger partial charge in [-0.1, -0.05) is 11.6 Å². The summed E-state index contributed by atoms with van der Waals surface area (Å²) in [5, 5.41) is 2.29. The third-order valence-corrected chi connectivity index (χ3v) is 2.00. The van der Waals surface area contributed by atoms with Crippen molar-refractivity contribution in [2.24, 2.45) is 0 Å². The second-order valence-electron chi connectivity index (χ2n) is 2.93. The van der Waals surface area contributed by atoms with Crippen molar-refractivity contribution in [3.8, 4) is 0 Å². The van der Waals surface area contributed by atoms with E-state index in [9.17, 15) is 9.59 Å². The Bertz CT molecular complexity index is 596. The minimum Gasteiger partial charge on any atom is -0.334 e. The number of carbonyl (C=O) groups is 2. The highest BCUT2D eigenvalue weighted by Gasteiger charge is 2.13. The van der Waals surface area contributed by atoms with Gasteiger partial charge in [-0.15, -0.1) is 4.73 Å². The molecule has 1 N–H and O–H groups in total. The lowest BCUT2D eigenvalue weighted by Crippen LogP contribution is -2.16. The Hall–Kier alpha value is -2.22. The van der Waals surface area contributed by atoms with Crippen LogP contribution in [-0.4, -0.2) is 32.1 Å². The number of nitrogens with one attached hydrogen (secondary N) is 1. The van der Waals surface area contributed by atoms with Crippen LogP contribution in [0.2, 0.25) is 5.15 Å². The molecule has 0 unspecified atom stereocenters. The minimum absolute atomic E-state index is 0.00796. The van der Waals surface area contributed by atoms with Gasteiger partial charge in [-0.2, -0.15) is 9.97 Å². The monoisotopic (exact) mass is 255 g/mol. The molecule has 0 aliphatic rings. The Morgan fingerprint density at radius 2 is 2.35 bits per heavy atom. The number of halogens is 1. The first kappa shape index (κ1) is 11.3. The first-order valence-corrected chi connectivity index (χ1v) is 4.79. The van der Waals surface area contributed by atoms with Crippen molar-refractivity contribution in [1.82, 2.24) is 19.7 Å². The van der Waals surface area contributed by atoms with E-state index in [1.54, 1.807) is 0 Å². The molecule has 0 saturated carbocycles. The second kappa shape index (κ2) is 4.34. The first-order chi connectivity index (χ1) is 8.11. The number of fused-ring (bicyclic) bond motifs is 1. The number of anilines is 1.